The molecule has 0 aliphatic heterocycles. The van der Waals surface area contributed by atoms with E-state index in [-0.39, 0.29) is 6.03 Å². The smallest absolute Gasteiger partial charge is 0.319 e. The van der Waals surface area contributed by atoms with Crippen LogP contribution in [0.2, 0.25) is 0 Å². The van der Waals surface area contributed by atoms with Gasteiger partial charge in [0.1, 0.15) is 18.1 Å². The van der Waals surface area contributed by atoms with Crippen LogP contribution in [0.3, 0.4) is 0 Å². The molecule has 0 radical (unpaired) electrons. The monoisotopic (exact) mass is 328 g/mol. The Bertz CT molecular complexity index is 694. The van der Waals surface area contributed by atoms with E-state index in [0.717, 1.165) is 22.4 Å². The molecule has 0 fully saturated rings. The summed E-state index contributed by atoms with van der Waals surface area (Å²) in [4.78, 5) is 12.0. The molecule has 0 atom stereocenters. The van der Waals surface area contributed by atoms with Crippen LogP contribution in [0.5, 0.6) is 11.5 Å². The summed E-state index contributed by atoms with van der Waals surface area (Å²) in [6, 6.07) is 11.4. The minimum Gasteiger partial charge on any atom is -0.495 e. The SMILES string of the molecule is COc1ccc(C)cc1NC(=O)NCCOc1cc(C)cc(C)c1. The number of urea groups is 1. The van der Waals surface area contributed by atoms with E-state index in [1.165, 1.54) is 0 Å². The molecule has 2 amide bonds. The van der Waals surface area contributed by atoms with E-state index in [9.17, 15) is 4.79 Å². The predicted molar refractivity (Wildman–Crippen MR) is 96.2 cm³/mol. The minimum atomic E-state index is -0.289. The van der Waals surface area contributed by atoms with E-state index in [1.807, 2.05) is 51.1 Å². The fourth-order valence-electron chi connectivity index (χ4n) is 2.44. The van der Waals surface area contributed by atoms with E-state index in [2.05, 4.69) is 16.7 Å². The number of rotatable bonds is 6. The maximum Gasteiger partial charge on any atom is 0.319 e. The van der Waals surface area contributed by atoms with Crippen molar-refractivity contribution in [1.29, 1.82) is 0 Å². The lowest BCUT2D eigenvalue weighted by molar-refractivity contribution is 0.247. The third kappa shape index (κ3) is 5.19. The van der Waals surface area contributed by atoms with Crippen molar-refractivity contribution in [1.82, 2.24) is 5.32 Å². The number of hydrogen-bond donors (Lipinski definition) is 2. The van der Waals surface area contributed by atoms with Gasteiger partial charge in [0.05, 0.1) is 19.3 Å². The molecule has 2 aromatic rings. The molecule has 2 rings (SSSR count). The standard InChI is InChI=1S/C19H24N2O3/c1-13-5-6-18(23-4)17(12-13)21-19(22)20-7-8-24-16-10-14(2)9-15(3)11-16/h5-6,9-12H,7-8H2,1-4H3,(H2,20,21,22). The zero-order valence-electron chi connectivity index (χ0n) is 14.6. The first-order chi connectivity index (χ1) is 11.5. The number of carbonyl (C=O) groups is 1. The molecule has 0 aliphatic carbocycles. The van der Waals surface area contributed by atoms with Crippen LogP contribution in [-0.2, 0) is 0 Å². The Balaban J connectivity index is 1.80. The molecule has 5 heteroatoms. The van der Waals surface area contributed by atoms with Crippen LogP contribution in [-0.4, -0.2) is 26.3 Å². The summed E-state index contributed by atoms with van der Waals surface area (Å²) in [5, 5.41) is 5.56. The summed E-state index contributed by atoms with van der Waals surface area (Å²) in [6.07, 6.45) is 0. The number of hydrogen-bond acceptors (Lipinski definition) is 3. The van der Waals surface area contributed by atoms with Gasteiger partial charge >= 0.3 is 6.03 Å². The van der Waals surface area contributed by atoms with Crippen molar-refractivity contribution in [2.24, 2.45) is 0 Å². The van der Waals surface area contributed by atoms with Crippen LogP contribution in [0.4, 0.5) is 10.5 Å². The van der Waals surface area contributed by atoms with Gasteiger partial charge in [0.25, 0.3) is 0 Å². The molecule has 0 aromatic heterocycles. The van der Waals surface area contributed by atoms with Crippen molar-refractivity contribution in [3.63, 3.8) is 0 Å². The molecule has 0 saturated carbocycles. The highest BCUT2D eigenvalue weighted by molar-refractivity contribution is 5.91. The second-order valence-electron chi connectivity index (χ2n) is 5.76. The number of amides is 2. The number of benzene rings is 2. The topological polar surface area (TPSA) is 59.6 Å². The maximum absolute atomic E-state index is 12.0. The molecule has 2 N–H and O–H groups in total. The van der Waals surface area contributed by atoms with Crippen molar-refractivity contribution >= 4 is 11.7 Å². The van der Waals surface area contributed by atoms with Gasteiger partial charge in [-0.15, -0.1) is 0 Å². The largest absolute Gasteiger partial charge is 0.495 e. The highest BCUT2D eigenvalue weighted by Gasteiger charge is 2.07. The second-order valence-corrected chi connectivity index (χ2v) is 5.76. The molecule has 0 aliphatic rings. The van der Waals surface area contributed by atoms with E-state index in [1.54, 1.807) is 7.11 Å². The number of nitrogens with one attached hydrogen (secondary N) is 2. The number of aryl methyl sites for hydroxylation is 3. The van der Waals surface area contributed by atoms with Crippen molar-refractivity contribution in [3.8, 4) is 11.5 Å². The highest BCUT2D eigenvalue weighted by Crippen LogP contribution is 2.24. The van der Waals surface area contributed by atoms with E-state index < -0.39 is 0 Å². The molecular weight excluding hydrogens is 304 g/mol. The van der Waals surface area contributed by atoms with Gasteiger partial charge in [-0.2, -0.15) is 0 Å². The maximum atomic E-state index is 12.0. The average Bonchev–Trinajstić information content (AvgIpc) is 2.51. The van der Waals surface area contributed by atoms with Crippen LogP contribution in [0.1, 0.15) is 16.7 Å². The van der Waals surface area contributed by atoms with Gasteiger partial charge in [-0.05, 0) is 61.7 Å². The van der Waals surface area contributed by atoms with Gasteiger partial charge in [-0.25, -0.2) is 4.79 Å². The van der Waals surface area contributed by atoms with Crippen molar-refractivity contribution in [2.75, 3.05) is 25.6 Å². The summed E-state index contributed by atoms with van der Waals surface area (Å²) in [5.74, 6) is 1.44. The Hall–Kier alpha value is -2.69. The van der Waals surface area contributed by atoms with E-state index >= 15 is 0 Å². The number of ether oxygens (including phenoxy) is 2. The molecule has 2 aromatic carbocycles. The summed E-state index contributed by atoms with van der Waals surface area (Å²) in [7, 11) is 1.57. The first-order valence-electron chi connectivity index (χ1n) is 7.88. The van der Waals surface area contributed by atoms with Crippen LogP contribution >= 0.6 is 0 Å². The lowest BCUT2D eigenvalue weighted by Crippen LogP contribution is -2.32. The average molecular weight is 328 g/mol. The lowest BCUT2D eigenvalue weighted by atomic mass is 10.1. The van der Waals surface area contributed by atoms with Crippen molar-refractivity contribution in [3.05, 3.63) is 53.1 Å². The Morgan fingerprint density at radius 2 is 1.71 bits per heavy atom. The highest BCUT2D eigenvalue weighted by atomic mass is 16.5. The summed E-state index contributed by atoms with van der Waals surface area (Å²) < 4.78 is 10.9. The number of anilines is 1. The van der Waals surface area contributed by atoms with Gasteiger partial charge in [-0.1, -0.05) is 12.1 Å². The molecular formula is C19H24N2O3. The van der Waals surface area contributed by atoms with E-state index in [0.29, 0.717) is 24.6 Å². The second kappa shape index (κ2) is 8.24. The van der Waals surface area contributed by atoms with Crippen LogP contribution in [0.25, 0.3) is 0 Å². The van der Waals surface area contributed by atoms with Crippen molar-refractivity contribution < 1.29 is 14.3 Å². The van der Waals surface area contributed by atoms with Gasteiger partial charge in [0, 0.05) is 0 Å². The molecule has 0 spiro atoms. The Morgan fingerprint density at radius 3 is 2.38 bits per heavy atom. The third-order valence-electron chi connectivity index (χ3n) is 3.45. The van der Waals surface area contributed by atoms with Crippen molar-refractivity contribution in [2.45, 2.75) is 20.8 Å². The fourth-order valence-corrected chi connectivity index (χ4v) is 2.44. The molecule has 24 heavy (non-hydrogen) atoms. The molecule has 0 unspecified atom stereocenters. The molecule has 0 bridgehead atoms. The van der Waals surface area contributed by atoms with Gasteiger partial charge < -0.3 is 20.1 Å². The third-order valence-corrected chi connectivity index (χ3v) is 3.45. The first-order valence-corrected chi connectivity index (χ1v) is 7.88. The Morgan fingerprint density at radius 1 is 1.00 bits per heavy atom. The zero-order chi connectivity index (χ0) is 17.5. The molecule has 0 saturated heterocycles. The van der Waals surface area contributed by atoms with Crippen LogP contribution < -0.4 is 20.1 Å². The molecule has 0 heterocycles. The van der Waals surface area contributed by atoms with Gasteiger partial charge in [-0.3, -0.25) is 0 Å². The van der Waals surface area contributed by atoms with Gasteiger partial charge in [0.2, 0.25) is 0 Å². The normalized spacial score (nSPS) is 10.2. The number of carbonyl (C=O) groups excluding carboxylic acids is 1. The number of methoxy groups -OCH3 is 1. The predicted octanol–water partition coefficient (Wildman–Crippen LogP) is 3.82. The summed E-state index contributed by atoms with van der Waals surface area (Å²) in [6.45, 7) is 6.83. The Kier molecular flexibility index (Phi) is 6.07. The minimum absolute atomic E-state index is 0.289. The summed E-state index contributed by atoms with van der Waals surface area (Å²) in [5.41, 5.74) is 4.00. The Labute approximate surface area is 143 Å². The fraction of sp³-hybridized carbons (Fsp3) is 0.316. The summed E-state index contributed by atoms with van der Waals surface area (Å²) >= 11 is 0. The van der Waals surface area contributed by atoms with Gasteiger partial charge in [0.15, 0.2) is 0 Å². The molecule has 5 nitrogen and oxygen atoms in total. The lowest BCUT2D eigenvalue weighted by Gasteiger charge is -2.12. The quantitative estimate of drug-likeness (QED) is 0.793. The van der Waals surface area contributed by atoms with Crippen LogP contribution in [0, 0.1) is 20.8 Å². The van der Waals surface area contributed by atoms with E-state index in [4.69, 9.17) is 9.47 Å². The molecule has 128 valence electrons. The van der Waals surface area contributed by atoms with Crippen LogP contribution in [0.15, 0.2) is 36.4 Å². The first kappa shape index (κ1) is 17.7. The zero-order valence-corrected chi connectivity index (χ0v) is 14.6.